The molecule has 37 heavy (non-hydrogen) atoms. The van der Waals surface area contributed by atoms with Gasteiger partial charge in [0.1, 0.15) is 37.9 Å². The Morgan fingerprint density at radius 1 is 0.676 bits per heavy atom. The van der Waals surface area contributed by atoms with E-state index in [2.05, 4.69) is 18.7 Å². The molecule has 0 aromatic heterocycles. The number of hydrogen-bond donors (Lipinski definition) is 0. The van der Waals surface area contributed by atoms with Crippen molar-refractivity contribution in [3.05, 3.63) is 131 Å². The third kappa shape index (κ3) is 7.39. The number of nitriles is 1. The van der Waals surface area contributed by atoms with E-state index in [-0.39, 0.29) is 0 Å². The summed E-state index contributed by atoms with van der Waals surface area (Å²) in [4.78, 5) is 0. The first-order valence-corrected chi connectivity index (χ1v) is 12.0. The molecule has 0 aliphatic carbocycles. The second kappa shape index (κ2) is 12.9. The molecule has 0 saturated heterocycles. The van der Waals surface area contributed by atoms with Gasteiger partial charge in [0.15, 0.2) is 11.5 Å². The molecule has 4 aromatic carbocycles. The van der Waals surface area contributed by atoms with E-state index < -0.39 is 0 Å². The quantitative estimate of drug-likeness (QED) is 0.197. The average molecular weight is 492 g/mol. The summed E-state index contributed by atoms with van der Waals surface area (Å²) < 4.78 is 23.6. The second-order valence-electron chi connectivity index (χ2n) is 8.46. The van der Waals surface area contributed by atoms with Crippen molar-refractivity contribution in [1.82, 2.24) is 0 Å². The first-order chi connectivity index (χ1) is 18.1. The minimum Gasteiger partial charge on any atom is -0.490 e. The fourth-order valence-corrected chi connectivity index (χ4v) is 3.65. The maximum Gasteiger partial charge on any atom is 0.161 e. The van der Waals surface area contributed by atoms with Crippen LogP contribution in [-0.4, -0.2) is 6.61 Å². The van der Waals surface area contributed by atoms with Crippen LogP contribution in [0.2, 0.25) is 0 Å². The lowest BCUT2D eigenvalue weighted by molar-refractivity contribution is 0.255. The van der Waals surface area contributed by atoms with Gasteiger partial charge in [-0.15, -0.1) is 0 Å². The van der Waals surface area contributed by atoms with Gasteiger partial charge in [-0.25, -0.2) is 0 Å². The Balaban J connectivity index is 1.31. The van der Waals surface area contributed by atoms with E-state index in [9.17, 15) is 0 Å². The summed E-state index contributed by atoms with van der Waals surface area (Å²) in [6, 6.07) is 31.0. The molecule has 0 aliphatic rings. The molecule has 0 saturated carbocycles. The van der Waals surface area contributed by atoms with E-state index in [0.29, 0.717) is 43.5 Å². The third-order valence-electron chi connectivity index (χ3n) is 5.65. The lowest BCUT2D eigenvalue weighted by Crippen LogP contribution is -2.02. The van der Waals surface area contributed by atoms with Crippen molar-refractivity contribution in [1.29, 1.82) is 5.26 Å². The number of para-hydroxylation sites is 2. The fourth-order valence-electron chi connectivity index (χ4n) is 3.65. The van der Waals surface area contributed by atoms with Crippen LogP contribution in [0.3, 0.4) is 0 Å². The highest BCUT2D eigenvalue weighted by Crippen LogP contribution is 2.29. The average Bonchev–Trinajstić information content (AvgIpc) is 2.94. The third-order valence-corrected chi connectivity index (χ3v) is 5.65. The molecule has 5 heteroatoms. The summed E-state index contributed by atoms with van der Waals surface area (Å²) in [6.07, 6.45) is 1.72. The van der Waals surface area contributed by atoms with E-state index >= 15 is 0 Å². The Labute approximate surface area is 218 Å². The van der Waals surface area contributed by atoms with E-state index in [4.69, 9.17) is 24.2 Å². The first kappa shape index (κ1) is 25.4. The first-order valence-electron chi connectivity index (χ1n) is 12.0. The molecule has 0 heterocycles. The highest BCUT2D eigenvalue weighted by Gasteiger charge is 2.08. The Hall–Kier alpha value is -4.69. The van der Waals surface area contributed by atoms with Crippen LogP contribution >= 0.6 is 0 Å². The highest BCUT2D eigenvalue weighted by atomic mass is 16.5. The Bertz CT molecular complexity index is 1360. The van der Waals surface area contributed by atoms with Gasteiger partial charge in [0.05, 0.1) is 11.6 Å². The molecule has 4 rings (SSSR count). The fraction of sp³-hybridized carbons (Fsp3) is 0.156. The largest absolute Gasteiger partial charge is 0.490 e. The van der Waals surface area contributed by atoms with Crippen LogP contribution in [0.25, 0.3) is 0 Å². The SMILES string of the molecule is C=CCOc1ccc(COc2ccccc2OCc2ccc(OCc3ccc(C#N)cc3)c(C)c2)cc1. The van der Waals surface area contributed by atoms with Gasteiger partial charge in [0, 0.05) is 0 Å². The summed E-state index contributed by atoms with van der Waals surface area (Å²) >= 11 is 0. The van der Waals surface area contributed by atoms with Gasteiger partial charge < -0.3 is 18.9 Å². The van der Waals surface area contributed by atoms with Crippen molar-refractivity contribution < 1.29 is 18.9 Å². The number of benzene rings is 4. The molecule has 0 radical (unpaired) electrons. The minimum atomic E-state index is 0.409. The second-order valence-corrected chi connectivity index (χ2v) is 8.46. The molecule has 0 N–H and O–H groups in total. The Kier molecular flexibility index (Phi) is 8.82. The van der Waals surface area contributed by atoms with Crippen molar-refractivity contribution in [2.24, 2.45) is 0 Å². The van der Waals surface area contributed by atoms with Crippen LogP contribution in [0.15, 0.2) is 104 Å². The lowest BCUT2D eigenvalue weighted by Gasteiger charge is -2.14. The zero-order valence-corrected chi connectivity index (χ0v) is 20.9. The summed E-state index contributed by atoms with van der Waals surface area (Å²) in [5, 5.41) is 8.93. The number of nitrogens with zero attached hydrogens (tertiary/aromatic N) is 1. The summed E-state index contributed by atoms with van der Waals surface area (Å²) in [5.74, 6) is 2.99. The summed E-state index contributed by atoms with van der Waals surface area (Å²) in [7, 11) is 0. The van der Waals surface area contributed by atoms with Gasteiger partial charge in [0.2, 0.25) is 0 Å². The van der Waals surface area contributed by atoms with Gasteiger partial charge in [-0.1, -0.05) is 55.1 Å². The van der Waals surface area contributed by atoms with Crippen LogP contribution in [0.5, 0.6) is 23.0 Å². The molecule has 0 fully saturated rings. The van der Waals surface area contributed by atoms with E-state index in [0.717, 1.165) is 33.8 Å². The van der Waals surface area contributed by atoms with E-state index in [1.807, 2.05) is 79.7 Å². The molecule has 4 aromatic rings. The van der Waals surface area contributed by atoms with Gasteiger partial charge in [0.25, 0.3) is 0 Å². The summed E-state index contributed by atoms with van der Waals surface area (Å²) in [6.45, 7) is 7.43. The number of aryl methyl sites for hydroxylation is 1. The molecular formula is C32H29NO4. The zero-order valence-electron chi connectivity index (χ0n) is 20.9. The van der Waals surface area contributed by atoms with Gasteiger partial charge >= 0.3 is 0 Å². The minimum absolute atomic E-state index is 0.409. The van der Waals surface area contributed by atoms with Gasteiger partial charge in [-0.2, -0.15) is 5.26 Å². The van der Waals surface area contributed by atoms with E-state index in [1.54, 1.807) is 18.2 Å². The maximum atomic E-state index is 8.93. The molecule has 186 valence electrons. The standard InChI is InChI=1S/C32H29NO4/c1-3-18-34-29-15-12-27(13-16-29)22-36-31-6-4-5-7-32(31)37-23-28-14-17-30(24(2)19-28)35-21-26-10-8-25(20-33)9-11-26/h3-17,19H,1,18,21-23H2,2H3. The van der Waals surface area contributed by atoms with E-state index in [1.165, 1.54) is 0 Å². The van der Waals surface area contributed by atoms with Crippen molar-refractivity contribution in [3.63, 3.8) is 0 Å². The normalized spacial score (nSPS) is 10.3. The predicted molar refractivity (Wildman–Crippen MR) is 144 cm³/mol. The van der Waals surface area contributed by atoms with Crippen LogP contribution < -0.4 is 18.9 Å². The number of rotatable bonds is 12. The molecule has 0 unspecified atom stereocenters. The van der Waals surface area contributed by atoms with Crippen LogP contribution in [0.1, 0.15) is 27.8 Å². The molecule has 0 aliphatic heterocycles. The van der Waals surface area contributed by atoms with Gasteiger partial charge in [-0.3, -0.25) is 0 Å². The number of ether oxygens (including phenoxy) is 4. The highest BCUT2D eigenvalue weighted by molar-refractivity contribution is 5.41. The maximum absolute atomic E-state index is 8.93. The topological polar surface area (TPSA) is 60.7 Å². The molecule has 0 spiro atoms. The summed E-state index contributed by atoms with van der Waals surface area (Å²) in [5.41, 5.74) is 4.75. The van der Waals surface area contributed by atoms with Crippen molar-refractivity contribution in [3.8, 4) is 29.1 Å². The van der Waals surface area contributed by atoms with Crippen LogP contribution in [0.4, 0.5) is 0 Å². The zero-order chi connectivity index (χ0) is 25.9. The number of hydrogen-bond acceptors (Lipinski definition) is 5. The smallest absolute Gasteiger partial charge is 0.161 e. The van der Waals surface area contributed by atoms with Crippen molar-refractivity contribution >= 4 is 0 Å². The van der Waals surface area contributed by atoms with Crippen LogP contribution in [-0.2, 0) is 19.8 Å². The van der Waals surface area contributed by atoms with Crippen molar-refractivity contribution in [2.45, 2.75) is 26.7 Å². The van der Waals surface area contributed by atoms with Crippen LogP contribution in [0, 0.1) is 18.3 Å². The lowest BCUT2D eigenvalue weighted by atomic mass is 10.1. The Morgan fingerprint density at radius 3 is 1.78 bits per heavy atom. The predicted octanol–water partition coefficient (Wildman–Crippen LogP) is 7.17. The Morgan fingerprint density at radius 2 is 1.22 bits per heavy atom. The van der Waals surface area contributed by atoms with Gasteiger partial charge in [-0.05, 0) is 77.7 Å². The molecule has 0 atom stereocenters. The molecule has 0 bridgehead atoms. The van der Waals surface area contributed by atoms with Crippen molar-refractivity contribution in [2.75, 3.05) is 6.61 Å². The monoisotopic (exact) mass is 491 g/mol. The molecule has 0 amide bonds. The molecule has 5 nitrogen and oxygen atoms in total. The molecular weight excluding hydrogens is 462 g/mol.